The largest absolute Gasteiger partial charge is 0.308 e. The maximum absolute atomic E-state index is 5.48. The molecule has 0 unspecified atom stereocenters. The lowest BCUT2D eigenvalue weighted by Crippen LogP contribution is -2.10. The van der Waals surface area contributed by atoms with E-state index in [4.69, 9.17) is 5.84 Å². The molecule has 8 heteroatoms. The molecule has 7 nitrogen and oxygen atoms in total. The molecule has 0 amide bonds. The van der Waals surface area contributed by atoms with Crippen LogP contribution in [0.15, 0.2) is 23.8 Å². The van der Waals surface area contributed by atoms with Gasteiger partial charge in [-0.15, -0.1) is 11.3 Å². The van der Waals surface area contributed by atoms with Crippen LogP contribution in [0.3, 0.4) is 0 Å². The average Bonchev–Trinajstić information content (AvgIpc) is 3.07. The Morgan fingerprint density at radius 3 is 2.70 bits per heavy atom. The topological polar surface area (TPSA) is 94.5 Å². The summed E-state index contributed by atoms with van der Waals surface area (Å²) in [5.74, 6) is 6.56. The fraction of sp³-hybridized carbons (Fsp3) is 0.167. The molecule has 3 N–H and O–H groups in total. The first-order valence-corrected chi connectivity index (χ1v) is 6.81. The molecule has 0 spiro atoms. The Labute approximate surface area is 119 Å². The fourth-order valence-corrected chi connectivity index (χ4v) is 2.39. The van der Waals surface area contributed by atoms with Crippen LogP contribution in [0, 0.1) is 6.92 Å². The molecule has 0 aliphatic heterocycles. The fourth-order valence-electron chi connectivity index (χ4n) is 1.80. The van der Waals surface area contributed by atoms with Crippen LogP contribution in [0.4, 0.5) is 5.82 Å². The Morgan fingerprint density at radius 2 is 2.10 bits per heavy atom. The zero-order valence-electron chi connectivity index (χ0n) is 11.0. The zero-order valence-corrected chi connectivity index (χ0v) is 11.8. The zero-order chi connectivity index (χ0) is 14.1. The quantitative estimate of drug-likeness (QED) is 0.561. The highest BCUT2D eigenvalue weighted by Gasteiger charge is 2.11. The van der Waals surface area contributed by atoms with Crippen molar-refractivity contribution in [1.29, 1.82) is 0 Å². The number of aryl methyl sites for hydroxylation is 2. The number of nitrogens with zero attached hydrogens (tertiary/aromatic N) is 5. The highest BCUT2D eigenvalue weighted by molar-refractivity contribution is 7.09. The minimum atomic E-state index is 0.541. The van der Waals surface area contributed by atoms with Gasteiger partial charge < -0.3 is 5.43 Å². The lowest BCUT2D eigenvalue weighted by Gasteiger charge is -2.04. The van der Waals surface area contributed by atoms with Gasteiger partial charge in [0.2, 0.25) is 0 Å². The van der Waals surface area contributed by atoms with Crippen LogP contribution in [0.25, 0.3) is 22.8 Å². The third-order valence-corrected chi connectivity index (χ3v) is 3.50. The van der Waals surface area contributed by atoms with Gasteiger partial charge in [-0.05, 0) is 6.92 Å². The van der Waals surface area contributed by atoms with Gasteiger partial charge in [-0.3, -0.25) is 4.68 Å². The molecule has 0 aliphatic carbocycles. The number of nitrogen functional groups attached to an aromatic ring is 1. The van der Waals surface area contributed by atoms with E-state index in [1.807, 2.05) is 25.5 Å². The predicted octanol–water partition coefficient (Wildman–Crippen LogP) is 1.59. The van der Waals surface area contributed by atoms with E-state index in [-0.39, 0.29) is 0 Å². The maximum atomic E-state index is 5.48. The van der Waals surface area contributed by atoms with Crippen LogP contribution in [-0.2, 0) is 7.05 Å². The van der Waals surface area contributed by atoms with E-state index in [1.165, 1.54) is 0 Å². The molecule has 102 valence electrons. The van der Waals surface area contributed by atoms with E-state index < -0.39 is 0 Å². The van der Waals surface area contributed by atoms with Gasteiger partial charge in [0.05, 0.1) is 16.9 Å². The monoisotopic (exact) mass is 287 g/mol. The van der Waals surface area contributed by atoms with Crippen molar-refractivity contribution in [2.45, 2.75) is 6.92 Å². The van der Waals surface area contributed by atoms with Crippen LogP contribution in [0.5, 0.6) is 0 Å². The van der Waals surface area contributed by atoms with Gasteiger partial charge in [0.15, 0.2) is 5.82 Å². The first-order chi connectivity index (χ1) is 9.65. The van der Waals surface area contributed by atoms with Gasteiger partial charge in [0, 0.05) is 30.3 Å². The molecular weight excluding hydrogens is 274 g/mol. The number of nitrogens with two attached hydrogens (primary N) is 1. The molecule has 3 heterocycles. The molecule has 0 fully saturated rings. The second-order valence-corrected chi connectivity index (χ2v) is 5.32. The first-order valence-electron chi connectivity index (χ1n) is 5.93. The molecule has 0 aliphatic rings. The smallest absolute Gasteiger partial charge is 0.181 e. The van der Waals surface area contributed by atoms with Gasteiger partial charge in [-0.25, -0.2) is 20.8 Å². The number of hydrogen-bond acceptors (Lipinski definition) is 7. The Bertz CT molecular complexity index is 687. The minimum absolute atomic E-state index is 0.541. The molecule has 3 aromatic heterocycles. The summed E-state index contributed by atoms with van der Waals surface area (Å²) < 4.78 is 1.72. The third kappa shape index (κ3) is 2.38. The number of thiazole rings is 1. The van der Waals surface area contributed by atoms with Crippen molar-refractivity contribution >= 4 is 17.2 Å². The highest BCUT2D eigenvalue weighted by Crippen LogP contribution is 2.24. The van der Waals surface area contributed by atoms with Gasteiger partial charge in [0.25, 0.3) is 0 Å². The SMILES string of the molecule is Cc1nc(-c2nc(NN)cc(-c3cnn(C)c3)n2)cs1. The average molecular weight is 287 g/mol. The molecule has 3 rings (SSSR count). The molecule has 0 bridgehead atoms. The van der Waals surface area contributed by atoms with E-state index in [0.29, 0.717) is 11.6 Å². The Balaban J connectivity index is 2.12. The van der Waals surface area contributed by atoms with E-state index in [0.717, 1.165) is 22.0 Å². The summed E-state index contributed by atoms with van der Waals surface area (Å²) >= 11 is 1.56. The molecule has 3 aromatic rings. The normalized spacial score (nSPS) is 10.8. The number of aromatic nitrogens is 5. The van der Waals surface area contributed by atoms with Gasteiger partial charge >= 0.3 is 0 Å². The Morgan fingerprint density at radius 1 is 1.25 bits per heavy atom. The maximum Gasteiger partial charge on any atom is 0.181 e. The molecule has 0 saturated carbocycles. The summed E-state index contributed by atoms with van der Waals surface area (Å²) in [5.41, 5.74) is 4.96. The number of nitrogens with one attached hydrogen (secondary N) is 1. The van der Waals surface area contributed by atoms with Gasteiger partial charge in [0.1, 0.15) is 11.5 Å². The highest BCUT2D eigenvalue weighted by atomic mass is 32.1. The van der Waals surface area contributed by atoms with E-state index in [1.54, 1.807) is 28.3 Å². The lowest BCUT2D eigenvalue weighted by molar-refractivity contribution is 0.768. The van der Waals surface area contributed by atoms with Crippen molar-refractivity contribution in [3.63, 3.8) is 0 Å². The molecule has 0 saturated heterocycles. The number of hydrogen-bond donors (Lipinski definition) is 2. The first kappa shape index (κ1) is 12.7. The van der Waals surface area contributed by atoms with Crippen molar-refractivity contribution in [2.75, 3.05) is 5.43 Å². The standard InChI is InChI=1S/C12H13N7S/c1-7-15-10(6-20-7)12-16-9(3-11(17-12)18-13)8-4-14-19(2)5-8/h3-6H,13H2,1-2H3,(H,16,17,18). The molecule has 0 atom stereocenters. The van der Waals surface area contributed by atoms with Crippen LogP contribution in [-0.4, -0.2) is 24.7 Å². The second kappa shape index (κ2) is 4.99. The molecule has 0 aromatic carbocycles. The van der Waals surface area contributed by atoms with Crippen molar-refractivity contribution in [3.05, 3.63) is 28.8 Å². The predicted molar refractivity (Wildman–Crippen MR) is 77.9 cm³/mol. The van der Waals surface area contributed by atoms with Crippen molar-refractivity contribution in [3.8, 4) is 22.8 Å². The summed E-state index contributed by atoms with van der Waals surface area (Å²) in [6, 6.07) is 1.78. The number of hydrazine groups is 1. The van der Waals surface area contributed by atoms with Gasteiger partial charge in [-0.1, -0.05) is 0 Å². The summed E-state index contributed by atoms with van der Waals surface area (Å²) in [5, 5.41) is 7.04. The van der Waals surface area contributed by atoms with E-state index in [9.17, 15) is 0 Å². The van der Waals surface area contributed by atoms with Crippen molar-refractivity contribution < 1.29 is 0 Å². The van der Waals surface area contributed by atoms with Crippen LogP contribution in [0.2, 0.25) is 0 Å². The van der Waals surface area contributed by atoms with E-state index in [2.05, 4.69) is 25.5 Å². The van der Waals surface area contributed by atoms with Crippen molar-refractivity contribution in [1.82, 2.24) is 24.7 Å². The van der Waals surface area contributed by atoms with Gasteiger partial charge in [-0.2, -0.15) is 5.10 Å². The van der Waals surface area contributed by atoms with E-state index >= 15 is 0 Å². The summed E-state index contributed by atoms with van der Waals surface area (Å²) in [6.45, 7) is 1.95. The molecule has 20 heavy (non-hydrogen) atoms. The summed E-state index contributed by atoms with van der Waals surface area (Å²) in [6.07, 6.45) is 3.64. The molecular formula is C12H13N7S. The summed E-state index contributed by atoms with van der Waals surface area (Å²) in [7, 11) is 1.86. The minimum Gasteiger partial charge on any atom is -0.308 e. The Kier molecular flexibility index (Phi) is 3.17. The second-order valence-electron chi connectivity index (χ2n) is 4.26. The Hall–Kier alpha value is -2.32. The van der Waals surface area contributed by atoms with Crippen LogP contribution < -0.4 is 11.3 Å². The van der Waals surface area contributed by atoms with Crippen LogP contribution >= 0.6 is 11.3 Å². The number of anilines is 1. The van der Waals surface area contributed by atoms with Crippen LogP contribution in [0.1, 0.15) is 5.01 Å². The summed E-state index contributed by atoms with van der Waals surface area (Å²) in [4.78, 5) is 13.3. The molecule has 0 radical (unpaired) electrons. The number of rotatable bonds is 3. The lowest BCUT2D eigenvalue weighted by atomic mass is 10.2. The van der Waals surface area contributed by atoms with Crippen molar-refractivity contribution in [2.24, 2.45) is 12.9 Å². The third-order valence-electron chi connectivity index (χ3n) is 2.72.